The second-order valence-corrected chi connectivity index (χ2v) is 2.53. The largest absolute Gasteiger partial charge is 0.336 e. The molecule has 0 saturated carbocycles. The molecule has 1 radical (unpaired) electrons. The maximum atomic E-state index is 10.9. The Balaban J connectivity index is 2.31. The van der Waals surface area contributed by atoms with Crippen LogP contribution in [0.15, 0.2) is 0 Å². The van der Waals surface area contributed by atoms with Crippen molar-refractivity contribution in [3.8, 4) is 0 Å². The average molecular weight is 141 g/mol. The molecule has 1 rings (SSSR count). The van der Waals surface area contributed by atoms with E-state index in [4.69, 9.17) is 0 Å². The third-order valence-electron chi connectivity index (χ3n) is 1.79. The number of carbonyl (C=O) groups is 1. The predicted molar refractivity (Wildman–Crippen MR) is 39.3 cm³/mol. The molecule has 10 heavy (non-hydrogen) atoms. The van der Waals surface area contributed by atoms with Crippen molar-refractivity contribution < 1.29 is 4.79 Å². The summed E-state index contributed by atoms with van der Waals surface area (Å²) in [6.07, 6.45) is 3.52. The van der Waals surface area contributed by atoms with E-state index in [1.54, 1.807) is 4.90 Å². The molecular formula is C7H13N2O. The van der Waals surface area contributed by atoms with Gasteiger partial charge in [-0.05, 0) is 19.3 Å². The molecule has 0 spiro atoms. The number of carbonyl (C=O) groups excluding carboxylic acids is 1. The molecule has 1 aliphatic rings. The van der Waals surface area contributed by atoms with Gasteiger partial charge < -0.3 is 10.2 Å². The first-order valence-electron chi connectivity index (χ1n) is 3.66. The minimum Gasteiger partial charge on any atom is -0.336 e. The van der Waals surface area contributed by atoms with Crippen molar-refractivity contribution in [2.24, 2.45) is 0 Å². The van der Waals surface area contributed by atoms with Crippen LogP contribution in [-0.4, -0.2) is 24.0 Å². The summed E-state index contributed by atoms with van der Waals surface area (Å²) in [6.45, 7) is 1.78. The molecule has 57 valence electrons. The number of urea groups is 1. The molecule has 0 atom stereocenters. The van der Waals surface area contributed by atoms with E-state index in [1.165, 1.54) is 6.42 Å². The molecule has 3 nitrogen and oxygen atoms in total. The molecule has 0 unspecified atom stereocenters. The van der Waals surface area contributed by atoms with Crippen molar-refractivity contribution in [2.75, 3.05) is 13.1 Å². The molecule has 0 aromatic heterocycles. The fourth-order valence-electron chi connectivity index (χ4n) is 1.21. The maximum absolute atomic E-state index is 10.9. The highest BCUT2D eigenvalue weighted by Gasteiger charge is 2.13. The van der Waals surface area contributed by atoms with Crippen molar-refractivity contribution in [3.63, 3.8) is 0 Å². The quantitative estimate of drug-likeness (QED) is 0.535. The van der Waals surface area contributed by atoms with Gasteiger partial charge in [-0.25, -0.2) is 4.79 Å². The molecule has 0 aromatic rings. The van der Waals surface area contributed by atoms with Crippen LogP contribution in [0.5, 0.6) is 0 Å². The summed E-state index contributed by atoms with van der Waals surface area (Å²) in [5, 5.41) is 2.37. The summed E-state index contributed by atoms with van der Waals surface area (Å²) < 4.78 is 0. The monoisotopic (exact) mass is 141 g/mol. The van der Waals surface area contributed by atoms with E-state index in [9.17, 15) is 4.79 Å². The van der Waals surface area contributed by atoms with Gasteiger partial charge in [0.05, 0.1) is 0 Å². The topological polar surface area (TPSA) is 32.3 Å². The number of nitrogens with zero attached hydrogens (tertiary/aromatic N) is 1. The second-order valence-electron chi connectivity index (χ2n) is 2.53. The Morgan fingerprint density at radius 3 is 2.40 bits per heavy atom. The second kappa shape index (κ2) is 3.44. The van der Waals surface area contributed by atoms with Gasteiger partial charge in [0.15, 0.2) is 0 Å². The number of rotatable bonds is 0. The Morgan fingerprint density at radius 1 is 1.30 bits per heavy atom. The van der Waals surface area contributed by atoms with Crippen molar-refractivity contribution >= 4 is 6.03 Å². The lowest BCUT2D eigenvalue weighted by atomic mass is 10.1. The Morgan fingerprint density at radius 2 is 1.90 bits per heavy atom. The Labute approximate surface area is 61.4 Å². The number of likely N-dealkylation sites (tertiary alicyclic amines) is 1. The lowest BCUT2D eigenvalue weighted by Crippen LogP contribution is -2.40. The number of hydrogen-bond donors (Lipinski definition) is 1. The van der Waals surface area contributed by atoms with Crippen molar-refractivity contribution in [3.05, 3.63) is 7.05 Å². The van der Waals surface area contributed by atoms with E-state index in [0.717, 1.165) is 25.9 Å². The summed E-state index contributed by atoms with van der Waals surface area (Å²) >= 11 is 0. The van der Waals surface area contributed by atoms with Gasteiger partial charge in [0.25, 0.3) is 0 Å². The van der Waals surface area contributed by atoms with Crippen LogP contribution in [0.1, 0.15) is 19.3 Å². The summed E-state index contributed by atoms with van der Waals surface area (Å²) in [4.78, 5) is 12.7. The van der Waals surface area contributed by atoms with Crippen LogP contribution in [-0.2, 0) is 0 Å². The summed E-state index contributed by atoms with van der Waals surface area (Å²) in [5.74, 6) is 0. The van der Waals surface area contributed by atoms with Crippen LogP contribution in [0, 0.1) is 7.05 Å². The zero-order valence-electron chi connectivity index (χ0n) is 6.10. The lowest BCUT2D eigenvalue weighted by molar-refractivity contribution is 0.190. The first-order chi connectivity index (χ1) is 4.84. The molecule has 0 aromatic carbocycles. The zero-order chi connectivity index (χ0) is 7.40. The van der Waals surface area contributed by atoms with Gasteiger partial charge in [-0.1, -0.05) is 0 Å². The Bertz CT molecular complexity index is 119. The lowest BCUT2D eigenvalue weighted by Gasteiger charge is -2.25. The summed E-state index contributed by atoms with van der Waals surface area (Å²) in [5.41, 5.74) is 0. The fraction of sp³-hybridized carbons (Fsp3) is 0.714. The molecular weight excluding hydrogens is 128 g/mol. The highest BCUT2D eigenvalue weighted by Crippen LogP contribution is 2.07. The molecule has 1 heterocycles. The Hall–Kier alpha value is -0.730. The third-order valence-corrected chi connectivity index (χ3v) is 1.79. The van der Waals surface area contributed by atoms with E-state index < -0.39 is 0 Å². The van der Waals surface area contributed by atoms with Gasteiger partial charge in [-0.15, -0.1) is 0 Å². The highest BCUT2D eigenvalue weighted by molar-refractivity contribution is 5.74. The first kappa shape index (κ1) is 7.38. The van der Waals surface area contributed by atoms with Gasteiger partial charge in [0.1, 0.15) is 0 Å². The van der Waals surface area contributed by atoms with E-state index in [1.807, 2.05) is 0 Å². The summed E-state index contributed by atoms with van der Waals surface area (Å²) in [7, 11) is 3.32. The SMILES string of the molecule is [CH2]NC(=O)N1CCCCC1. The molecule has 1 N–H and O–H groups in total. The van der Waals surface area contributed by atoms with Crippen molar-refractivity contribution in [1.29, 1.82) is 0 Å². The molecule has 1 fully saturated rings. The molecule has 1 saturated heterocycles. The van der Waals surface area contributed by atoms with Gasteiger partial charge in [-0.3, -0.25) is 0 Å². The van der Waals surface area contributed by atoms with E-state index >= 15 is 0 Å². The number of amides is 2. The van der Waals surface area contributed by atoms with Crippen LogP contribution < -0.4 is 5.32 Å². The van der Waals surface area contributed by atoms with Crippen LogP contribution in [0.2, 0.25) is 0 Å². The normalized spacial score (nSPS) is 18.7. The summed E-state index contributed by atoms with van der Waals surface area (Å²) in [6, 6.07) is -0.0419. The molecule has 0 bridgehead atoms. The van der Waals surface area contributed by atoms with Gasteiger partial charge in [0, 0.05) is 20.1 Å². The molecule has 3 heteroatoms. The number of nitrogens with one attached hydrogen (secondary N) is 1. The first-order valence-corrected chi connectivity index (χ1v) is 3.66. The zero-order valence-corrected chi connectivity index (χ0v) is 6.10. The third kappa shape index (κ3) is 1.62. The molecule has 0 aliphatic carbocycles. The van der Waals surface area contributed by atoms with Crippen LogP contribution >= 0.6 is 0 Å². The highest BCUT2D eigenvalue weighted by atomic mass is 16.2. The average Bonchev–Trinajstić information content (AvgIpc) is 2.05. The Kier molecular flexibility index (Phi) is 2.54. The van der Waals surface area contributed by atoms with Crippen LogP contribution in [0.4, 0.5) is 4.79 Å². The minimum atomic E-state index is -0.0419. The minimum absolute atomic E-state index is 0.0419. The molecule has 1 aliphatic heterocycles. The predicted octanol–water partition coefficient (Wildman–Crippen LogP) is 0.973. The molecule has 2 amide bonds. The fourth-order valence-corrected chi connectivity index (χ4v) is 1.21. The smallest absolute Gasteiger partial charge is 0.317 e. The van der Waals surface area contributed by atoms with E-state index in [2.05, 4.69) is 12.4 Å². The van der Waals surface area contributed by atoms with Gasteiger partial charge >= 0.3 is 6.03 Å². The van der Waals surface area contributed by atoms with Crippen LogP contribution in [0.3, 0.4) is 0 Å². The standard InChI is InChI=1S/C7H13N2O/c1-8-7(10)9-5-3-2-4-6-9/h1-6H2,(H,8,10). The van der Waals surface area contributed by atoms with E-state index in [0.29, 0.717) is 0 Å². The maximum Gasteiger partial charge on any atom is 0.317 e. The van der Waals surface area contributed by atoms with Gasteiger partial charge in [-0.2, -0.15) is 0 Å². The van der Waals surface area contributed by atoms with Crippen LogP contribution in [0.25, 0.3) is 0 Å². The van der Waals surface area contributed by atoms with Crippen molar-refractivity contribution in [2.45, 2.75) is 19.3 Å². The number of piperidine rings is 1. The van der Waals surface area contributed by atoms with Gasteiger partial charge in [0.2, 0.25) is 0 Å². The van der Waals surface area contributed by atoms with E-state index in [-0.39, 0.29) is 6.03 Å². The number of hydrogen-bond acceptors (Lipinski definition) is 1. The van der Waals surface area contributed by atoms with Crippen molar-refractivity contribution in [1.82, 2.24) is 10.2 Å².